The third-order valence-corrected chi connectivity index (χ3v) is 6.26. The smallest absolute Gasteiger partial charge is 0.218 e. The molecule has 0 spiro atoms. The molecule has 0 amide bonds. The van der Waals surface area contributed by atoms with Crippen LogP contribution in [-0.2, 0) is 10.0 Å². The molecule has 1 aliphatic rings. The molecule has 16 heavy (non-hydrogen) atoms. The SMILES string of the molecule is CNCC(C)S(=O)(=O)N1CCSC(C)(C)C1. The molecule has 1 heterocycles. The van der Waals surface area contributed by atoms with Crippen molar-refractivity contribution in [3.8, 4) is 0 Å². The molecule has 96 valence electrons. The van der Waals surface area contributed by atoms with Gasteiger partial charge < -0.3 is 5.32 Å². The Balaban J connectivity index is 2.76. The van der Waals surface area contributed by atoms with Crippen molar-refractivity contribution in [2.45, 2.75) is 30.8 Å². The summed E-state index contributed by atoms with van der Waals surface area (Å²) in [6.07, 6.45) is 0. The van der Waals surface area contributed by atoms with E-state index in [0.29, 0.717) is 19.6 Å². The van der Waals surface area contributed by atoms with E-state index in [4.69, 9.17) is 0 Å². The van der Waals surface area contributed by atoms with Crippen molar-refractivity contribution in [1.29, 1.82) is 0 Å². The van der Waals surface area contributed by atoms with Crippen LogP contribution in [0.1, 0.15) is 20.8 Å². The first kappa shape index (κ1) is 14.3. The van der Waals surface area contributed by atoms with E-state index < -0.39 is 10.0 Å². The summed E-state index contributed by atoms with van der Waals surface area (Å²) in [5, 5.41) is 2.57. The maximum atomic E-state index is 12.2. The largest absolute Gasteiger partial charge is 0.318 e. The van der Waals surface area contributed by atoms with Gasteiger partial charge in [0.05, 0.1) is 5.25 Å². The van der Waals surface area contributed by atoms with Gasteiger partial charge in [-0.05, 0) is 27.8 Å². The van der Waals surface area contributed by atoms with Crippen LogP contribution >= 0.6 is 11.8 Å². The lowest BCUT2D eigenvalue weighted by Crippen LogP contribution is -2.50. The molecule has 6 heteroatoms. The zero-order valence-corrected chi connectivity index (χ0v) is 12.1. The lowest BCUT2D eigenvalue weighted by molar-refractivity contribution is 0.382. The fourth-order valence-electron chi connectivity index (χ4n) is 1.84. The standard InChI is InChI=1S/C10H22N2O2S2/c1-9(7-11-4)16(13,14)12-5-6-15-10(2,3)8-12/h9,11H,5-8H2,1-4H3. The molecule has 0 aromatic rings. The second-order valence-corrected chi connectivity index (χ2v) is 9.01. The zero-order chi connectivity index (χ0) is 12.4. The summed E-state index contributed by atoms with van der Waals surface area (Å²) in [5.74, 6) is 0.887. The maximum absolute atomic E-state index is 12.2. The lowest BCUT2D eigenvalue weighted by Gasteiger charge is -2.37. The van der Waals surface area contributed by atoms with E-state index in [0.717, 1.165) is 5.75 Å². The van der Waals surface area contributed by atoms with Gasteiger partial charge in [-0.3, -0.25) is 0 Å². The van der Waals surface area contributed by atoms with Crippen LogP contribution in [0.5, 0.6) is 0 Å². The molecular formula is C10H22N2O2S2. The van der Waals surface area contributed by atoms with E-state index in [1.54, 1.807) is 18.3 Å². The Morgan fingerprint density at radius 3 is 2.62 bits per heavy atom. The number of sulfonamides is 1. The molecular weight excluding hydrogens is 244 g/mol. The van der Waals surface area contributed by atoms with Crippen LogP contribution in [0.3, 0.4) is 0 Å². The summed E-state index contributed by atoms with van der Waals surface area (Å²) >= 11 is 1.84. The monoisotopic (exact) mass is 266 g/mol. The molecule has 1 rings (SSSR count). The summed E-state index contributed by atoms with van der Waals surface area (Å²) in [5.41, 5.74) is 0. The lowest BCUT2D eigenvalue weighted by atomic mass is 10.2. The Morgan fingerprint density at radius 2 is 2.12 bits per heavy atom. The molecule has 0 saturated carbocycles. The van der Waals surface area contributed by atoms with E-state index >= 15 is 0 Å². The fraction of sp³-hybridized carbons (Fsp3) is 1.00. The number of nitrogens with one attached hydrogen (secondary N) is 1. The molecule has 0 radical (unpaired) electrons. The number of hydrogen-bond donors (Lipinski definition) is 1. The van der Waals surface area contributed by atoms with Crippen molar-refractivity contribution in [2.24, 2.45) is 0 Å². The predicted octanol–water partition coefficient (Wildman–Crippen LogP) is 0.751. The van der Waals surface area contributed by atoms with Crippen molar-refractivity contribution in [3.05, 3.63) is 0 Å². The van der Waals surface area contributed by atoms with Crippen molar-refractivity contribution in [2.75, 3.05) is 32.4 Å². The van der Waals surface area contributed by atoms with Gasteiger partial charge in [0.15, 0.2) is 0 Å². The average molecular weight is 266 g/mol. The van der Waals surface area contributed by atoms with Crippen LogP contribution in [0.25, 0.3) is 0 Å². The van der Waals surface area contributed by atoms with Crippen LogP contribution in [0.4, 0.5) is 0 Å². The van der Waals surface area contributed by atoms with Crippen LogP contribution in [0.2, 0.25) is 0 Å². The van der Waals surface area contributed by atoms with E-state index in [-0.39, 0.29) is 10.00 Å². The van der Waals surface area contributed by atoms with Crippen molar-refractivity contribution in [3.63, 3.8) is 0 Å². The van der Waals surface area contributed by atoms with Gasteiger partial charge >= 0.3 is 0 Å². The van der Waals surface area contributed by atoms with Gasteiger partial charge in [0.25, 0.3) is 0 Å². The second kappa shape index (κ2) is 5.25. The minimum Gasteiger partial charge on any atom is -0.318 e. The highest BCUT2D eigenvalue weighted by molar-refractivity contribution is 8.00. The van der Waals surface area contributed by atoms with Crippen LogP contribution in [-0.4, -0.2) is 55.2 Å². The van der Waals surface area contributed by atoms with E-state index in [1.165, 1.54) is 0 Å². The van der Waals surface area contributed by atoms with Crippen LogP contribution in [0, 0.1) is 0 Å². The summed E-state index contributed by atoms with van der Waals surface area (Å²) in [6, 6.07) is 0. The molecule has 1 fully saturated rings. The summed E-state index contributed by atoms with van der Waals surface area (Å²) < 4.78 is 26.2. The molecule has 1 aliphatic heterocycles. The molecule has 4 nitrogen and oxygen atoms in total. The third-order valence-electron chi connectivity index (χ3n) is 2.75. The summed E-state index contributed by atoms with van der Waals surface area (Å²) in [4.78, 5) is 0. The Bertz CT molecular complexity index is 328. The second-order valence-electron chi connectivity index (χ2n) is 4.85. The highest BCUT2D eigenvalue weighted by atomic mass is 32.2. The minimum absolute atomic E-state index is 0.0324. The average Bonchev–Trinajstić information content (AvgIpc) is 2.16. The van der Waals surface area contributed by atoms with Gasteiger partial charge in [0, 0.05) is 30.1 Å². The molecule has 0 aromatic carbocycles. The van der Waals surface area contributed by atoms with Gasteiger partial charge in [0.2, 0.25) is 10.0 Å². The number of thioether (sulfide) groups is 1. The fourth-order valence-corrected chi connectivity index (χ4v) is 4.88. The Hall–Kier alpha value is 0.220. The highest BCUT2D eigenvalue weighted by Gasteiger charge is 2.36. The number of nitrogens with zero attached hydrogens (tertiary/aromatic N) is 1. The first-order valence-corrected chi connectivity index (χ1v) is 8.06. The molecule has 1 saturated heterocycles. The van der Waals surface area contributed by atoms with E-state index in [9.17, 15) is 8.42 Å². The van der Waals surface area contributed by atoms with E-state index in [2.05, 4.69) is 19.2 Å². The molecule has 0 aliphatic carbocycles. The summed E-state index contributed by atoms with van der Waals surface area (Å²) in [6.45, 7) is 7.73. The van der Waals surface area contributed by atoms with Gasteiger partial charge in [-0.15, -0.1) is 0 Å². The Kier molecular flexibility index (Phi) is 4.68. The quantitative estimate of drug-likeness (QED) is 0.816. The normalized spacial score (nSPS) is 24.2. The first-order valence-electron chi connectivity index (χ1n) is 5.57. The van der Waals surface area contributed by atoms with Crippen molar-refractivity contribution < 1.29 is 8.42 Å². The number of rotatable bonds is 4. The van der Waals surface area contributed by atoms with Crippen LogP contribution in [0.15, 0.2) is 0 Å². The molecule has 0 aromatic heterocycles. The van der Waals surface area contributed by atoms with E-state index in [1.807, 2.05) is 11.8 Å². The highest BCUT2D eigenvalue weighted by Crippen LogP contribution is 2.31. The Labute approximate surface area is 103 Å². The third kappa shape index (κ3) is 3.35. The first-order chi connectivity index (χ1) is 7.29. The van der Waals surface area contributed by atoms with Gasteiger partial charge in [-0.2, -0.15) is 16.1 Å². The van der Waals surface area contributed by atoms with Gasteiger partial charge in [0.1, 0.15) is 0 Å². The molecule has 1 unspecified atom stereocenters. The zero-order valence-electron chi connectivity index (χ0n) is 10.5. The van der Waals surface area contributed by atoms with Crippen molar-refractivity contribution >= 4 is 21.8 Å². The minimum atomic E-state index is -3.14. The molecule has 1 N–H and O–H groups in total. The van der Waals surface area contributed by atoms with Crippen molar-refractivity contribution in [1.82, 2.24) is 9.62 Å². The van der Waals surface area contributed by atoms with Gasteiger partial charge in [-0.25, -0.2) is 8.42 Å². The van der Waals surface area contributed by atoms with Crippen LogP contribution < -0.4 is 5.32 Å². The maximum Gasteiger partial charge on any atom is 0.218 e. The topological polar surface area (TPSA) is 49.4 Å². The van der Waals surface area contributed by atoms with Gasteiger partial charge in [-0.1, -0.05) is 0 Å². The molecule has 0 bridgehead atoms. The summed E-state index contributed by atoms with van der Waals surface area (Å²) in [7, 11) is -1.36. The number of hydrogen-bond acceptors (Lipinski definition) is 4. The molecule has 1 atom stereocenters. The predicted molar refractivity (Wildman–Crippen MR) is 70.4 cm³/mol. The Morgan fingerprint density at radius 1 is 1.50 bits per heavy atom.